The molecule has 29 heavy (non-hydrogen) atoms. The molecule has 0 radical (unpaired) electrons. The van der Waals surface area contributed by atoms with Gasteiger partial charge in [-0.3, -0.25) is 23.8 Å². The van der Waals surface area contributed by atoms with E-state index in [2.05, 4.69) is 20.9 Å². The van der Waals surface area contributed by atoms with Gasteiger partial charge in [0.15, 0.2) is 11.2 Å². The summed E-state index contributed by atoms with van der Waals surface area (Å²) >= 11 is 0. The van der Waals surface area contributed by atoms with E-state index in [0.717, 1.165) is 42.7 Å². The van der Waals surface area contributed by atoms with E-state index in [9.17, 15) is 9.59 Å². The van der Waals surface area contributed by atoms with Crippen molar-refractivity contribution in [3.8, 4) is 0 Å². The first kappa shape index (κ1) is 19.6. The van der Waals surface area contributed by atoms with Gasteiger partial charge < -0.3 is 4.57 Å². The van der Waals surface area contributed by atoms with Crippen molar-refractivity contribution in [3.63, 3.8) is 0 Å². The zero-order valence-electron chi connectivity index (χ0n) is 17.3. The largest absolute Gasteiger partial charge is 0.332 e. The van der Waals surface area contributed by atoms with Gasteiger partial charge in [-0.25, -0.2) is 9.78 Å². The molecule has 0 spiro atoms. The van der Waals surface area contributed by atoms with Gasteiger partial charge >= 0.3 is 5.69 Å². The molecule has 3 aromatic heterocycles. The highest BCUT2D eigenvalue weighted by Gasteiger charge is 2.25. The minimum absolute atomic E-state index is 0.291. The first-order valence-corrected chi connectivity index (χ1v) is 10.2. The summed E-state index contributed by atoms with van der Waals surface area (Å²) < 4.78 is 4.42. The van der Waals surface area contributed by atoms with Crippen molar-refractivity contribution in [2.75, 3.05) is 13.1 Å². The molecule has 0 aromatic carbocycles. The second-order valence-electron chi connectivity index (χ2n) is 7.90. The third kappa shape index (κ3) is 3.53. The maximum Gasteiger partial charge on any atom is 0.332 e. The molecule has 1 fully saturated rings. The van der Waals surface area contributed by atoms with E-state index in [-0.39, 0.29) is 11.2 Å². The molecule has 4 heterocycles. The van der Waals surface area contributed by atoms with Gasteiger partial charge in [0.25, 0.3) is 5.56 Å². The van der Waals surface area contributed by atoms with Crippen molar-refractivity contribution in [3.05, 3.63) is 56.8 Å². The number of aromatic nitrogens is 5. The minimum atomic E-state index is -0.345. The first-order valence-electron chi connectivity index (χ1n) is 10.2. The third-order valence-electron chi connectivity index (χ3n) is 6.10. The van der Waals surface area contributed by atoms with Crippen molar-refractivity contribution >= 4 is 11.2 Å². The summed E-state index contributed by atoms with van der Waals surface area (Å²) in [5.41, 5.74) is 1.62. The Morgan fingerprint density at radius 2 is 1.93 bits per heavy atom. The molecular weight excluding hydrogens is 368 g/mol. The lowest BCUT2D eigenvalue weighted by Crippen LogP contribution is -2.37. The number of nitrogens with zero attached hydrogens (tertiary/aromatic N) is 6. The lowest BCUT2D eigenvalue weighted by molar-refractivity contribution is 0.251. The summed E-state index contributed by atoms with van der Waals surface area (Å²) in [5.74, 6) is 0.850. The van der Waals surface area contributed by atoms with Crippen LogP contribution in [-0.2, 0) is 27.6 Å². The van der Waals surface area contributed by atoms with E-state index in [4.69, 9.17) is 0 Å². The van der Waals surface area contributed by atoms with Crippen LogP contribution in [0, 0.1) is 0 Å². The highest BCUT2D eigenvalue weighted by Crippen LogP contribution is 2.31. The molecular formula is C21H28N6O2. The number of fused-ring (bicyclic) bond motifs is 1. The van der Waals surface area contributed by atoms with Crippen LogP contribution in [0.4, 0.5) is 0 Å². The van der Waals surface area contributed by atoms with Crippen molar-refractivity contribution in [1.29, 1.82) is 0 Å². The number of hydrogen-bond acceptors (Lipinski definition) is 5. The van der Waals surface area contributed by atoms with Crippen LogP contribution in [0.3, 0.4) is 0 Å². The summed E-state index contributed by atoms with van der Waals surface area (Å²) in [7, 11) is 5.02. The number of aryl methyl sites for hydroxylation is 3. The van der Waals surface area contributed by atoms with E-state index in [1.54, 1.807) is 7.05 Å². The Morgan fingerprint density at radius 1 is 1.10 bits per heavy atom. The van der Waals surface area contributed by atoms with Crippen molar-refractivity contribution in [2.24, 2.45) is 21.1 Å². The van der Waals surface area contributed by atoms with Crippen LogP contribution >= 0.6 is 0 Å². The predicted octanol–water partition coefficient (Wildman–Crippen LogP) is 1.53. The molecule has 0 saturated carbocycles. The average molecular weight is 396 g/mol. The van der Waals surface area contributed by atoms with Gasteiger partial charge in [0.2, 0.25) is 0 Å². The van der Waals surface area contributed by atoms with E-state index in [0.29, 0.717) is 17.2 Å². The summed E-state index contributed by atoms with van der Waals surface area (Å²) in [5, 5.41) is 0. The van der Waals surface area contributed by atoms with E-state index in [1.807, 2.05) is 30.1 Å². The molecule has 1 atom stereocenters. The summed E-state index contributed by atoms with van der Waals surface area (Å²) in [6.45, 7) is 2.17. The van der Waals surface area contributed by atoms with Crippen molar-refractivity contribution in [2.45, 2.75) is 38.1 Å². The van der Waals surface area contributed by atoms with Crippen LogP contribution in [0.5, 0.6) is 0 Å². The highest BCUT2D eigenvalue weighted by atomic mass is 16.2. The van der Waals surface area contributed by atoms with Crippen molar-refractivity contribution in [1.82, 2.24) is 28.6 Å². The van der Waals surface area contributed by atoms with Gasteiger partial charge in [0.05, 0.1) is 0 Å². The first-order chi connectivity index (χ1) is 14.0. The number of imidazole rings is 1. The molecule has 1 unspecified atom stereocenters. The lowest BCUT2D eigenvalue weighted by atomic mass is 10.1. The van der Waals surface area contributed by atoms with Gasteiger partial charge in [0.1, 0.15) is 5.82 Å². The second-order valence-corrected chi connectivity index (χ2v) is 7.90. The fourth-order valence-corrected chi connectivity index (χ4v) is 4.43. The van der Waals surface area contributed by atoms with Crippen LogP contribution in [-0.4, -0.2) is 41.7 Å². The molecule has 0 bridgehead atoms. The Balaban J connectivity index is 1.43. The predicted molar refractivity (Wildman–Crippen MR) is 112 cm³/mol. The molecule has 3 aromatic rings. The number of rotatable bonds is 6. The second kappa shape index (κ2) is 7.94. The smallest absolute Gasteiger partial charge is 0.325 e. The maximum absolute atomic E-state index is 12.5. The molecule has 1 aliphatic heterocycles. The van der Waals surface area contributed by atoms with Crippen LogP contribution in [0.1, 0.15) is 43.1 Å². The van der Waals surface area contributed by atoms with Crippen LogP contribution in [0.15, 0.2) is 34.1 Å². The number of pyridine rings is 1. The lowest BCUT2D eigenvalue weighted by Gasteiger charge is -2.24. The molecule has 1 aliphatic rings. The summed E-state index contributed by atoms with van der Waals surface area (Å²) in [6, 6.07) is 4.65. The Morgan fingerprint density at radius 3 is 2.69 bits per heavy atom. The fraction of sp³-hybridized carbons (Fsp3) is 0.524. The zero-order chi connectivity index (χ0) is 20.5. The number of likely N-dealkylation sites (tertiary alicyclic amines) is 1. The van der Waals surface area contributed by atoms with Gasteiger partial charge in [0, 0.05) is 46.0 Å². The molecule has 4 rings (SSSR count). The molecule has 0 amide bonds. The van der Waals surface area contributed by atoms with Gasteiger partial charge in [-0.1, -0.05) is 6.07 Å². The Labute approximate surface area is 169 Å². The van der Waals surface area contributed by atoms with Crippen LogP contribution < -0.4 is 11.2 Å². The van der Waals surface area contributed by atoms with Crippen molar-refractivity contribution < 1.29 is 0 Å². The standard InChI is InChI=1S/C21H28N6O2/c1-24-17(23-19-18(24)20(28)26(3)21(29)25(19)2)10-4-5-12-27-13-7-9-16(27)15-8-6-11-22-14-15/h6,8,11,14,16H,4-5,7,9-10,12-13H2,1-3H3. The fourth-order valence-electron chi connectivity index (χ4n) is 4.43. The molecule has 8 nitrogen and oxygen atoms in total. The molecule has 0 aliphatic carbocycles. The highest BCUT2D eigenvalue weighted by molar-refractivity contribution is 5.70. The quantitative estimate of drug-likeness (QED) is 0.591. The molecule has 1 saturated heterocycles. The Bertz CT molecular complexity index is 1130. The van der Waals surface area contributed by atoms with E-state index >= 15 is 0 Å². The van der Waals surface area contributed by atoms with Gasteiger partial charge in [-0.15, -0.1) is 0 Å². The van der Waals surface area contributed by atoms with Gasteiger partial charge in [-0.05, 0) is 50.4 Å². The Hall–Kier alpha value is -2.74. The zero-order valence-corrected chi connectivity index (χ0v) is 17.3. The average Bonchev–Trinajstić information content (AvgIpc) is 3.33. The number of hydrogen-bond donors (Lipinski definition) is 0. The molecule has 8 heteroatoms. The summed E-state index contributed by atoms with van der Waals surface area (Å²) in [6.07, 6.45) is 9.05. The molecule has 0 N–H and O–H groups in total. The van der Waals surface area contributed by atoms with E-state index < -0.39 is 0 Å². The SMILES string of the molecule is Cn1c(=O)c2c(nc(CCCCN3CCCC3c3cccnc3)n2C)n(C)c1=O. The summed E-state index contributed by atoms with van der Waals surface area (Å²) in [4.78, 5) is 36.0. The minimum Gasteiger partial charge on any atom is -0.325 e. The number of unbranched alkanes of at least 4 members (excludes halogenated alkanes) is 1. The normalized spacial score (nSPS) is 17.4. The topological polar surface area (TPSA) is 78.0 Å². The maximum atomic E-state index is 12.5. The van der Waals surface area contributed by atoms with Crippen LogP contribution in [0.25, 0.3) is 11.2 Å². The monoisotopic (exact) mass is 396 g/mol. The van der Waals surface area contributed by atoms with Crippen LogP contribution in [0.2, 0.25) is 0 Å². The molecule has 154 valence electrons. The van der Waals surface area contributed by atoms with E-state index in [1.165, 1.54) is 30.0 Å². The van der Waals surface area contributed by atoms with Gasteiger partial charge in [-0.2, -0.15) is 0 Å². The Kier molecular flexibility index (Phi) is 5.36. The third-order valence-corrected chi connectivity index (χ3v) is 6.10.